The van der Waals surface area contributed by atoms with Crippen LogP contribution in [0.15, 0.2) is 24.3 Å². The fourth-order valence-corrected chi connectivity index (χ4v) is 1.49. The molecule has 0 unspecified atom stereocenters. The lowest BCUT2D eigenvalue weighted by atomic mass is 10.2. The summed E-state index contributed by atoms with van der Waals surface area (Å²) < 4.78 is 5.61. The highest BCUT2D eigenvalue weighted by Crippen LogP contribution is 2.19. The molecule has 0 radical (unpaired) electrons. The zero-order chi connectivity index (χ0) is 12.7. The van der Waals surface area contributed by atoms with E-state index in [1.54, 1.807) is 0 Å². The minimum Gasteiger partial charge on any atom is -0.494 e. The molecule has 0 atom stereocenters. The number of hydrogen-bond donors (Lipinski definition) is 0. The van der Waals surface area contributed by atoms with Gasteiger partial charge in [-0.25, -0.2) is 0 Å². The number of ether oxygens (including phenoxy) is 1. The number of carbonyl (C=O) groups excluding carboxylic acids is 1. The number of nitrogens with zero attached hydrogens (tertiary/aromatic N) is 1. The standard InChI is InChI=1S/C14H21NO2/c1-4-13(16)8-6-10-17-14-9-5-7-12(11-14)15(2)3/h5,7,9,11H,4,6,8,10H2,1-3H3. The molecule has 1 aromatic carbocycles. The van der Waals surface area contributed by atoms with Crippen molar-refractivity contribution in [1.82, 2.24) is 0 Å². The lowest BCUT2D eigenvalue weighted by Crippen LogP contribution is -2.08. The van der Waals surface area contributed by atoms with Gasteiger partial charge in [-0.05, 0) is 18.6 Å². The third-order valence-electron chi connectivity index (χ3n) is 2.60. The van der Waals surface area contributed by atoms with Gasteiger partial charge in [0.2, 0.25) is 0 Å². The topological polar surface area (TPSA) is 29.5 Å². The van der Waals surface area contributed by atoms with E-state index in [1.165, 1.54) is 0 Å². The largest absolute Gasteiger partial charge is 0.494 e. The van der Waals surface area contributed by atoms with Crippen LogP contribution in [0.5, 0.6) is 5.75 Å². The van der Waals surface area contributed by atoms with E-state index >= 15 is 0 Å². The van der Waals surface area contributed by atoms with Crippen molar-refractivity contribution < 1.29 is 9.53 Å². The second kappa shape index (κ2) is 6.94. The second-order valence-corrected chi connectivity index (χ2v) is 4.24. The Bertz CT molecular complexity index is 361. The van der Waals surface area contributed by atoms with Crippen molar-refractivity contribution in [1.29, 1.82) is 0 Å². The molecule has 0 spiro atoms. The van der Waals surface area contributed by atoms with Crippen molar-refractivity contribution in [3.8, 4) is 5.75 Å². The van der Waals surface area contributed by atoms with Gasteiger partial charge in [-0.1, -0.05) is 13.0 Å². The van der Waals surface area contributed by atoms with E-state index in [9.17, 15) is 4.79 Å². The highest BCUT2D eigenvalue weighted by atomic mass is 16.5. The maximum Gasteiger partial charge on any atom is 0.132 e. The minimum atomic E-state index is 0.302. The summed E-state index contributed by atoms with van der Waals surface area (Å²) in [5, 5.41) is 0. The number of Topliss-reactive ketones (excluding diaryl/α,β-unsaturated/α-hetero) is 1. The first-order chi connectivity index (χ1) is 8.13. The summed E-state index contributed by atoms with van der Waals surface area (Å²) in [6, 6.07) is 7.95. The summed E-state index contributed by atoms with van der Waals surface area (Å²) in [6.45, 7) is 2.49. The molecule has 0 aliphatic rings. The van der Waals surface area contributed by atoms with Gasteiger partial charge in [-0.3, -0.25) is 4.79 Å². The van der Waals surface area contributed by atoms with Crippen LogP contribution in [0, 0.1) is 0 Å². The zero-order valence-electron chi connectivity index (χ0n) is 10.9. The average Bonchev–Trinajstić information content (AvgIpc) is 2.34. The lowest BCUT2D eigenvalue weighted by Gasteiger charge is -2.14. The predicted octanol–water partition coefficient (Wildman–Crippen LogP) is 2.89. The molecule has 3 nitrogen and oxygen atoms in total. The molecule has 17 heavy (non-hydrogen) atoms. The fourth-order valence-electron chi connectivity index (χ4n) is 1.49. The number of rotatable bonds is 7. The summed E-state index contributed by atoms with van der Waals surface area (Å²) in [7, 11) is 4.00. The number of hydrogen-bond acceptors (Lipinski definition) is 3. The highest BCUT2D eigenvalue weighted by Gasteiger charge is 2.00. The van der Waals surface area contributed by atoms with E-state index in [-0.39, 0.29) is 0 Å². The fraction of sp³-hybridized carbons (Fsp3) is 0.500. The van der Waals surface area contributed by atoms with E-state index in [4.69, 9.17) is 4.74 Å². The summed E-state index contributed by atoms with van der Waals surface area (Å²) in [4.78, 5) is 13.1. The third-order valence-corrected chi connectivity index (χ3v) is 2.60. The van der Waals surface area contributed by atoms with Crippen LogP contribution in [0.2, 0.25) is 0 Å². The Morgan fingerprint density at radius 3 is 2.76 bits per heavy atom. The molecule has 0 saturated heterocycles. The molecule has 0 aliphatic heterocycles. The molecule has 94 valence electrons. The maximum atomic E-state index is 11.1. The van der Waals surface area contributed by atoms with Gasteiger partial charge in [0.25, 0.3) is 0 Å². The van der Waals surface area contributed by atoms with Crippen LogP contribution in [-0.4, -0.2) is 26.5 Å². The Balaban J connectivity index is 2.36. The van der Waals surface area contributed by atoms with Gasteiger partial charge in [0.1, 0.15) is 11.5 Å². The van der Waals surface area contributed by atoms with E-state index in [1.807, 2.05) is 50.2 Å². The van der Waals surface area contributed by atoms with Gasteiger partial charge in [-0.2, -0.15) is 0 Å². The minimum absolute atomic E-state index is 0.302. The molecular weight excluding hydrogens is 214 g/mol. The molecule has 0 saturated carbocycles. The molecule has 3 heteroatoms. The summed E-state index contributed by atoms with van der Waals surface area (Å²) in [5.41, 5.74) is 1.12. The predicted molar refractivity (Wildman–Crippen MR) is 70.8 cm³/mol. The van der Waals surface area contributed by atoms with Crippen LogP contribution in [0.25, 0.3) is 0 Å². The van der Waals surface area contributed by atoms with Crippen molar-refractivity contribution in [2.75, 3.05) is 25.6 Å². The first-order valence-corrected chi connectivity index (χ1v) is 6.05. The van der Waals surface area contributed by atoms with Crippen LogP contribution in [0.4, 0.5) is 5.69 Å². The van der Waals surface area contributed by atoms with E-state index in [2.05, 4.69) is 0 Å². The Hall–Kier alpha value is -1.51. The second-order valence-electron chi connectivity index (χ2n) is 4.24. The molecule has 0 N–H and O–H groups in total. The number of anilines is 1. The summed E-state index contributed by atoms with van der Waals surface area (Å²) >= 11 is 0. The molecule has 1 rings (SSSR count). The number of benzene rings is 1. The van der Waals surface area contributed by atoms with Gasteiger partial charge < -0.3 is 9.64 Å². The molecule has 0 aromatic heterocycles. The molecular formula is C14H21NO2. The summed E-state index contributed by atoms with van der Waals surface area (Å²) in [5.74, 6) is 1.16. The third kappa shape index (κ3) is 4.89. The number of ketones is 1. The van der Waals surface area contributed by atoms with Crippen molar-refractivity contribution in [3.05, 3.63) is 24.3 Å². The van der Waals surface area contributed by atoms with E-state index in [0.29, 0.717) is 25.2 Å². The first-order valence-electron chi connectivity index (χ1n) is 6.05. The zero-order valence-corrected chi connectivity index (χ0v) is 10.9. The molecule has 0 amide bonds. The Kier molecular flexibility index (Phi) is 5.53. The first kappa shape index (κ1) is 13.6. The van der Waals surface area contributed by atoms with Crippen LogP contribution < -0.4 is 9.64 Å². The monoisotopic (exact) mass is 235 g/mol. The molecule has 0 fully saturated rings. The lowest BCUT2D eigenvalue weighted by molar-refractivity contribution is -0.118. The van der Waals surface area contributed by atoms with Crippen molar-refractivity contribution in [3.63, 3.8) is 0 Å². The molecule has 1 aromatic rings. The van der Waals surface area contributed by atoms with Crippen LogP contribution in [0.1, 0.15) is 26.2 Å². The van der Waals surface area contributed by atoms with Gasteiger partial charge in [-0.15, -0.1) is 0 Å². The van der Waals surface area contributed by atoms with Crippen molar-refractivity contribution in [2.45, 2.75) is 26.2 Å². The average molecular weight is 235 g/mol. The van der Waals surface area contributed by atoms with Crippen LogP contribution in [0.3, 0.4) is 0 Å². The Morgan fingerprint density at radius 2 is 2.12 bits per heavy atom. The quantitative estimate of drug-likeness (QED) is 0.681. The molecule has 0 aliphatic carbocycles. The van der Waals surface area contributed by atoms with Crippen LogP contribution >= 0.6 is 0 Å². The molecule has 0 bridgehead atoms. The van der Waals surface area contributed by atoms with Gasteiger partial charge >= 0.3 is 0 Å². The number of carbonyl (C=O) groups is 1. The van der Waals surface area contributed by atoms with Gasteiger partial charge in [0.05, 0.1) is 6.61 Å². The van der Waals surface area contributed by atoms with Crippen LogP contribution in [-0.2, 0) is 4.79 Å². The molecule has 0 heterocycles. The van der Waals surface area contributed by atoms with E-state index in [0.717, 1.165) is 17.9 Å². The van der Waals surface area contributed by atoms with Gasteiger partial charge in [0, 0.05) is 38.7 Å². The SMILES string of the molecule is CCC(=O)CCCOc1cccc(N(C)C)c1. The normalized spacial score (nSPS) is 10.1. The Labute approximate surface area is 103 Å². The van der Waals surface area contributed by atoms with Gasteiger partial charge in [0.15, 0.2) is 0 Å². The van der Waals surface area contributed by atoms with Crippen molar-refractivity contribution in [2.24, 2.45) is 0 Å². The van der Waals surface area contributed by atoms with E-state index < -0.39 is 0 Å². The van der Waals surface area contributed by atoms with Crippen molar-refractivity contribution >= 4 is 11.5 Å². The highest BCUT2D eigenvalue weighted by molar-refractivity contribution is 5.77. The maximum absolute atomic E-state index is 11.1. The Morgan fingerprint density at radius 1 is 1.35 bits per heavy atom. The summed E-state index contributed by atoms with van der Waals surface area (Å²) in [6.07, 6.45) is 2.03. The smallest absolute Gasteiger partial charge is 0.132 e.